The third kappa shape index (κ3) is 3.91. The topological polar surface area (TPSA) is 72.4 Å². The molecular formula is C18H18FN3O3S. The predicted molar refractivity (Wildman–Crippen MR) is 97.8 cm³/mol. The molecule has 0 atom stereocenters. The second-order valence-corrected chi connectivity index (χ2v) is 7.86. The maximum atomic E-state index is 13.6. The van der Waals surface area contributed by atoms with Crippen LogP contribution in [0.4, 0.5) is 10.2 Å². The van der Waals surface area contributed by atoms with Crippen LogP contribution in [0.15, 0.2) is 53.7 Å². The first-order chi connectivity index (χ1) is 12.4. The molecule has 0 N–H and O–H groups in total. The second-order valence-electron chi connectivity index (χ2n) is 5.85. The van der Waals surface area contributed by atoms with Crippen molar-refractivity contribution in [1.29, 1.82) is 0 Å². The second kappa shape index (κ2) is 7.25. The molecule has 1 heterocycles. The molecule has 26 heavy (non-hydrogen) atoms. The number of fused-ring (bicyclic) bond motifs is 1. The number of para-hydroxylation sites is 1. The van der Waals surface area contributed by atoms with Crippen LogP contribution in [-0.2, 0) is 9.84 Å². The van der Waals surface area contributed by atoms with Crippen molar-refractivity contribution in [1.82, 2.24) is 9.97 Å². The maximum absolute atomic E-state index is 13.6. The Balaban J connectivity index is 1.81. The highest BCUT2D eigenvalue weighted by molar-refractivity contribution is 7.90. The van der Waals surface area contributed by atoms with Crippen molar-refractivity contribution in [3.05, 3.63) is 54.6 Å². The summed E-state index contributed by atoms with van der Waals surface area (Å²) in [5, 5.41) is 0.629. The quantitative estimate of drug-likeness (QED) is 0.660. The number of benzene rings is 2. The van der Waals surface area contributed by atoms with Crippen LogP contribution >= 0.6 is 0 Å². The number of nitrogens with zero attached hydrogens (tertiary/aromatic N) is 3. The molecule has 0 unspecified atom stereocenters. The molecule has 6 nitrogen and oxygen atoms in total. The van der Waals surface area contributed by atoms with Crippen molar-refractivity contribution in [3.63, 3.8) is 0 Å². The monoisotopic (exact) mass is 375 g/mol. The van der Waals surface area contributed by atoms with E-state index < -0.39 is 15.7 Å². The van der Waals surface area contributed by atoms with Crippen LogP contribution in [0.3, 0.4) is 0 Å². The van der Waals surface area contributed by atoms with Crippen LogP contribution in [0.1, 0.15) is 0 Å². The van der Waals surface area contributed by atoms with Gasteiger partial charge in [-0.05, 0) is 30.3 Å². The van der Waals surface area contributed by atoms with E-state index in [1.165, 1.54) is 18.5 Å². The van der Waals surface area contributed by atoms with Crippen molar-refractivity contribution in [2.24, 2.45) is 0 Å². The number of anilines is 1. The van der Waals surface area contributed by atoms with Crippen LogP contribution < -0.4 is 9.64 Å². The molecule has 0 saturated carbocycles. The maximum Gasteiger partial charge on any atom is 0.175 e. The number of ether oxygens (including phenoxy) is 1. The largest absolute Gasteiger partial charge is 0.489 e. The van der Waals surface area contributed by atoms with Gasteiger partial charge in [0.2, 0.25) is 0 Å². The Morgan fingerprint density at radius 2 is 1.92 bits per heavy atom. The van der Waals surface area contributed by atoms with Gasteiger partial charge in [-0.15, -0.1) is 0 Å². The number of hydrogen-bond donors (Lipinski definition) is 0. The lowest BCUT2D eigenvalue weighted by atomic mass is 10.2. The molecule has 0 fully saturated rings. The van der Waals surface area contributed by atoms with E-state index in [0.29, 0.717) is 23.3 Å². The molecule has 0 spiro atoms. The summed E-state index contributed by atoms with van der Waals surface area (Å²) in [6.45, 7) is 0.679. The van der Waals surface area contributed by atoms with Crippen molar-refractivity contribution in [2.45, 2.75) is 4.90 Å². The predicted octanol–water partition coefficient (Wildman–Crippen LogP) is 2.69. The van der Waals surface area contributed by atoms with E-state index >= 15 is 0 Å². The molecule has 0 aliphatic rings. The third-order valence-corrected chi connectivity index (χ3v) is 5.01. The summed E-state index contributed by atoms with van der Waals surface area (Å²) in [5.41, 5.74) is 0.643. The minimum absolute atomic E-state index is 0.188. The third-order valence-electron chi connectivity index (χ3n) is 3.90. The molecule has 0 saturated heterocycles. The van der Waals surface area contributed by atoms with E-state index in [9.17, 15) is 12.8 Å². The molecule has 3 rings (SSSR count). The molecule has 8 heteroatoms. The Hall–Kier alpha value is -2.74. The number of rotatable bonds is 6. The standard InChI is InChI=1S/C18H18FN3O3S/c1-22(9-10-25-17-6-4-3-5-15(17)19)18-14-11-13(26(2,23)24)7-8-16(14)20-12-21-18/h3-8,11-12H,9-10H2,1-2H3. The first-order valence-electron chi connectivity index (χ1n) is 7.89. The smallest absolute Gasteiger partial charge is 0.175 e. The Labute approximate surface area is 151 Å². The van der Waals surface area contributed by atoms with E-state index in [0.717, 1.165) is 6.26 Å². The average molecular weight is 375 g/mol. The lowest BCUT2D eigenvalue weighted by Gasteiger charge is -2.20. The first-order valence-corrected chi connectivity index (χ1v) is 9.78. The highest BCUT2D eigenvalue weighted by atomic mass is 32.2. The van der Waals surface area contributed by atoms with Crippen LogP contribution in [0.5, 0.6) is 5.75 Å². The zero-order valence-corrected chi connectivity index (χ0v) is 15.2. The molecule has 2 aromatic carbocycles. The summed E-state index contributed by atoms with van der Waals surface area (Å²) in [7, 11) is -1.53. The molecule has 0 aliphatic carbocycles. The van der Waals surface area contributed by atoms with Gasteiger partial charge in [0.25, 0.3) is 0 Å². The van der Waals surface area contributed by atoms with E-state index in [1.54, 1.807) is 37.4 Å². The van der Waals surface area contributed by atoms with Gasteiger partial charge in [-0.25, -0.2) is 22.8 Å². The molecule has 0 bridgehead atoms. The average Bonchev–Trinajstić information content (AvgIpc) is 2.61. The molecular weight excluding hydrogens is 357 g/mol. The Morgan fingerprint density at radius 3 is 2.65 bits per heavy atom. The molecule has 0 aliphatic heterocycles. The lowest BCUT2D eigenvalue weighted by molar-refractivity contribution is 0.309. The fourth-order valence-corrected chi connectivity index (χ4v) is 3.16. The van der Waals surface area contributed by atoms with Gasteiger partial charge in [-0.3, -0.25) is 0 Å². The van der Waals surface area contributed by atoms with Gasteiger partial charge >= 0.3 is 0 Å². The van der Waals surface area contributed by atoms with Crippen molar-refractivity contribution >= 4 is 26.6 Å². The Morgan fingerprint density at radius 1 is 1.15 bits per heavy atom. The van der Waals surface area contributed by atoms with Crippen LogP contribution in [0.25, 0.3) is 10.9 Å². The normalized spacial score (nSPS) is 11.5. The van der Waals surface area contributed by atoms with E-state index in [4.69, 9.17) is 4.74 Å². The zero-order chi connectivity index (χ0) is 18.7. The molecule has 0 radical (unpaired) electrons. The number of hydrogen-bond acceptors (Lipinski definition) is 6. The highest BCUT2D eigenvalue weighted by Gasteiger charge is 2.13. The van der Waals surface area contributed by atoms with Gasteiger partial charge in [0, 0.05) is 18.7 Å². The summed E-state index contributed by atoms with van der Waals surface area (Å²) in [5.74, 6) is 0.353. The van der Waals surface area contributed by atoms with E-state index in [2.05, 4.69) is 9.97 Å². The highest BCUT2D eigenvalue weighted by Crippen LogP contribution is 2.25. The lowest BCUT2D eigenvalue weighted by Crippen LogP contribution is -2.25. The summed E-state index contributed by atoms with van der Waals surface area (Å²) < 4.78 is 42.7. The summed E-state index contributed by atoms with van der Waals surface area (Å²) in [4.78, 5) is 10.5. The summed E-state index contributed by atoms with van der Waals surface area (Å²) in [6, 6.07) is 10.9. The van der Waals surface area contributed by atoms with Crippen molar-refractivity contribution in [2.75, 3.05) is 31.4 Å². The summed E-state index contributed by atoms with van der Waals surface area (Å²) >= 11 is 0. The van der Waals surface area contributed by atoms with Crippen molar-refractivity contribution < 1.29 is 17.5 Å². The minimum Gasteiger partial charge on any atom is -0.489 e. The number of halogens is 1. The van der Waals surface area contributed by atoms with Gasteiger partial charge in [0.15, 0.2) is 21.4 Å². The first kappa shape index (κ1) is 18.1. The van der Waals surface area contributed by atoms with Gasteiger partial charge in [0.1, 0.15) is 18.8 Å². The zero-order valence-electron chi connectivity index (χ0n) is 14.4. The Bertz CT molecular complexity index is 1040. The van der Waals surface area contributed by atoms with E-state index in [1.807, 2.05) is 4.90 Å². The molecule has 1 aromatic heterocycles. The van der Waals surface area contributed by atoms with Crippen molar-refractivity contribution in [3.8, 4) is 5.75 Å². The molecule has 3 aromatic rings. The Kier molecular flexibility index (Phi) is 5.03. The number of likely N-dealkylation sites (N-methyl/N-ethyl adjacent to an activating group) is 1. The van der Waals surface area contributed by atoms with E-state index in [-0.39, 0.29) is 17.3 Å². The van der Waals surface area contributed by atoms with Gasteiger partial charge < -0.3 is 9.64 Å². The fraction of sp³-hybridized carbons (Fsp3) is 0.222. The molecule has 0 amide bonds. The van der Waals surface area contributed by atoms with Crippen LogP contribution in [-0.4, -0.2) is 44.8 Å². The molecule has 136 valence electrons. The van der Waals surface area contributed by atoms with Gasteiger partial charge in [-0.1, -0.05) is 12.1 Å². The minimum atomic E-state index is -3.33. The fourth-order valence-electron chi connectivity index (χ4n) is 2.52. The van der Waals surface area contributed by atoms with Gasteiger partial charge in [0.05, 0.1) is 17.0 Å². The number of sulfone groups is 1. The van der Waals surface area contributed by atoms with Crippen LogP contribution in [0.2, 0.25) is 0 Å². The SMILES string of the molecule is CN(CCOc1ccccc1F)c1ncnc2ccc(S(C)(=O)=O)cc12. The number of aromatic nitrogens is 2. The summed E-state index contributed by atoms with van der Waals surface area (Å²) in [6.07, 6.45) is 2.58. The van der Waals surface area contributed by atoms with Gasteiger partial charge in [-0.2, -0.15) is 0 Å². The van der Waals surface area contributed by atoms with Crippen LogP contribution in [0, 0.1) is 5.82 Å².